The molecule has 170 valence electrons. The molecule has 1 unspecified atom stereocenters. The summed E-state index contributed by atoms with van der Waals surface area (Å²) in [6, 6.07) is 13.9. The van der Waals surface area contributed by atoms with Gasteiger partial charge in [-0.25, -0.2) is 4.79 Å². The van der Waals surface area contributed by atoms with Crippen LogP contribution in [-0.4, -0.2) is 18.1 Å². The second-order valence-electron chi connectivity index (χ2n) is 8.68. The highest BCUT2D eigenvalue weighted by Crippen LogP contribution is 2.30. The summed E-state index contributed by atoms with van der Waals surface area (Å²) in [5, 5.41) is 2.25. The molecule has 0 aliphatic heterocycles. The van der Waals surface area contributed by atoms with E-state index in [2.05, 4.69) is 47.5 Å². The van der Waals surface area contributed by atoms with Crippen molar-refractivity contribution in [1.82, 2.24) is 4.98 Å². The fourth-order valence-electron chi connectivity index (χ4n) is 4.89. The fraction of sp³-hybridized carbons (Fsp3) is 0.321. The Morgan fingerprint density at radius 1 is 1.15 bits per heavy atom. The lowest BCUT2D eigenvalue weighted by Gasteiger charge is -2.19. The van der Waals surface area contributed by atoms with Gasteiger partial charge in [-0.3, -0.25) is 0 Å². The van der Waals surface area contributed by atoms with E-state index >= 15 is 0 Å². The number of allylic oxidation sites excluding steroid dienone is 1. The van der Waals surface area contributed by atoms with E-state index in [9.17, 15) is 4.79 Å². The van der Waals surface area contributed by atoms with Crippen LogP contribution in [0.15, 0.2) is 59.0 Å². The summed E-state index contributed by atoms with van der Waals surface area (Å²) in [6.07, 6.45) is 14.5. The number of nitrogens with one attached hydrogen (secondary N) is 1. The second kappa shape index (κ2) is 9.57. The van der Waals surface area contributed by atoms with E-state index in [0.29, 0.717) is 5.92 Å². The number of carbonyl (C=O) groups excluding carboxylic acids is 1. The first-order valence-corrected chi connectivity index (χ1v) is 11.8. The number of unbranched alkanes of at least 4 members (excludes halogenated alkanes) is 1. The number of hydrogen-bond donors (Lipinski definition) is 1. The van der Waals surface area contributed by atoms with Gasteiger partial charge in [0.25, 0.3) is 5.95 Å². The van der Waals surface area contributed by atoms with Gasteiger partial charge in [0, 0.05) is 17.3 Å². The zero-order valence-corrected chi connectivity index (χ0v) is 18.9. The van der Waals surface area contributed by atoms with Crippen molar-refractivity contribution in [3.8, 4) is 5.95 Å². The van der Waals surface area contributed by atoms with Crippen molar-refractivity contribution in [2.45, 2.75) is 50.9 Å². The Morgan fingerprint density at radius 2 is 2.03 bits per heavy atom. The smallest absolute Gasteiger partial charge is 0.374 e. The number of furan rings is 1. The maximum absolute atomic E-state index is 11.7. The van der Waals surface area contributed by atoms with Gasteiger partial charge in [-0.05, 0) is 67.4 Å². The highest BCUT2D eigenvalue weighted by molar-refractivity contribution is 5.86. The Labute approximate surface area is 193 Å². The van der Waals surface area contributed by atoms with Crippen LogP contribution in [0.4, 0.5) is 0 Å². The number of carbonyl (C=O) groups is 1. The maximum Gasteiger partial charge on any atom is 0.374 e. The number of hydrogen-bond acceptors (Lipinski definition) is 4. The molecule has 5 nitrogen and oxygen atoms in total. The van der Waals surface area contributed by atoms with Crippen LogP contribution in [-0.2, 0) is 17.6 Å². The fourth-order valence-corrected chi connectivity index (χ4v) is 4.89. The molecule has 3 aromatic rings. The van der Waals surface area contributed by atoms with Crippen LogP contribution in [0.5, 0.6) is 5.95 Å². The minimum absolute atomic E-state index is 0.128. The highest BCUT2D eigenvalue weighted by Gasteiger charge is 2.24. The van der Waals surface area contributed by atoms with Crippen LogP contribution in [0.2, 0.25) is 0 Å². The molecule has 1 N–H and O–H groups in total. The maximum atomic E-state index is 11.7. The molecule has 5 heteroatoms. The Morgan fingerprint density at radius 3 is 2.88 bits per heavy atom. The number of H-pyrrole nitrogens is 1. The van der Waals surface area contributed by atoms with Crippen LogP contribution in [0.25, 0.3) is 11.8 Å². The summed E-state index contributed by atoms with van der Waals surface area (Å²) in [6.45, 7) is 0. The third-order valence-corrected chi connectivity index (χ3v) is 6.51. The predicted molar refractivity (Wildman–Crippen MR) is 127 cm³/mol. The molecule has 0 amide bonds. The third kappa shape index (κ3) is 4.54. The molecule has 0 spiro atoms. The molecule has 1 aromatic carbocycles. The van der Waals surface area contributed by atoms with Gasteiger partial charge in [-0.2, -0.15) is 0 Å². The molecule has 5 rings (SSSR count). The van der Waals surface area contributed by atoms with E-state index in [1.165, 1.54) is 48.4 Å². The number of methoxy groups -OCH3 is 1. The molecule has 0 saturated heterocycles. The summed E-state index contributed by atoms with van der Waals surface area (Å²) in [4.78, 5) is 15.3. The van der Waals surface area contributed by atoms with Gasteiger partial charge >= 0.3 is 5.97 Å². The van der Waals surface area contributed by atoms with Crippen LogP contribution < -0.4 is 15.4 Å². The molecule has 2 aromatic heterocycles. The normalized spacial score (nSPS) is 16.6. The molecule has 0 fully saturated rings. The number of fused-ring (bicyclic) bond motifs is 3. The monoisotopic (exact) mass is 443 g/mol. The summed E-state index contributed by atoms with van der Waals surface area (Å²) >= 11 is 0. The number of rotatable bonds is 8. The Balaban J connectivity index is 1.37. The first kappa shape index (κ1) is 21.4. The van der Waals surface area contributed by atoms with Gasteiger partial charge in [0.1, 0.15) is 0 Å². The second-order valence-corrected chi connectivity index (χ2v) is 8.68. The number of ether oxygens (including phenoxy) is 2. The first-order valence-electron chi connectivity index (χ1n) is 11.8. The van der Waals surface area contributed by atoms with Gasteiger partial charge in [0.2, 0.25) is 5.76 Å². The number of esters is 1. The molecule has 0 radical (unpaired) electrons. The molecular formula is C28H29NO4. The quantitative estimate of drug-likeness (QED) is 0.403. The summed E-state index contributed by atoms with van der Waals surface area (Å²) in [5.74, 6) is 0.980. The minimum atomic E-state index is -0.518. The van der Waals surface area contributed by atoms with E-state index < -0.39 is 5.97 Å². The van der Waals surface area contributed by atoms with Crippen molar-refractivity contribution in [3.05, 3.63) is 87.8 Å². The average Bonchev–Trinajstić information content (AvgIpc) is 3.48. The van der Waals surface area contributed by atoms with E-state index in [1.54, 1.807) is 12.1 Å². The van der Waals surface area contributed by atoms with Gasteiger partial charge < -0.3 is 18.9 Å². The standard InChI is InChI=1S/C28H29NO4/c1-31-28(30)24-17-18-25(33-24)32-23-16-15-20(12-6-5-11-19-9-3-2-4-10-19)26-21-13-7-8-14-22(21)29-27(23)26/h2-4,9-10,14-18,20,29H,5-8,11-13H2,1H3. The van der Waals surface area contributed by atoms with E-state index in [-0.39, 0.29) is 11.7 Å². The lowest BCUT2D eigenvalue weighted by Crippen LogP contribution is -2.22. The number of aryl methyl sites for hydroxylation is 1. The highest BCUT2D eigenvalue weighted by atomic mass is 16.6. The molecule has 2 heterocycles. The molecule has 0 saturated carbocycles. The molecule has 0 bridgehead atoms. The van der Waals surface area contributed by atoms with Crippen molar-refractivity contribution >= 4 is 17.8 Å². The van der Waals surface area contributed by atoms with Crippen LogP contribution in [0.3, 0.4) is 0 Å². The van der Waals surface area contributed by atoms with Crippen LogP contribution >= 0.6 is 0 Å². The third-order valence-electron chi connectivity index (χ3n) is 6.51. The number of benzene rings is 1. The predicted octanol–water partition coefficient (Wildman–Crippen LogP) is 4.76. The van der Waals surface area contributed by atoms with Crippen molar-refractivity contribution < 1.29 is 18.7 Å². The van der Waals surface area contributed by atoms with Crippen molar-refractivity contribution in [2.75, 3.05) is 7.11 Å². The lowest BCUT2D eigenvalue weighted by molar-refractivity contribution is 0.0560. The average molecular weight is 444 g/mol. The zero-order chi connectivity index (χ0) is 22.6. The Bertz CT molecular complexity index is 1280. The van der Waals surface area contributed by atoms with Gasteiger partial charge in [0.15, 0.2) is 5.76 Å². The SMILES string of the molecule is COC(=O)c1ccc(OC2=c3[nH]c4c(c3C(CCCCc3ccccc3)C=C2)CCCC=4)o1. The minimum Gasteiger partial charge on any atom is -0.463 e. The van der Waals surface area contributed by atoms with E-state index in [0.717, 1.165) is 36.8 Å². The molecule has 2 aliphatic rings. The van der Waals surface area contributed by atoms with Crippen LogP contribution in [0.1, 0.15) is 65.3 Å². The van der Waals surface area contributed by atoms with Crippen molar-refractivity contribution in [2.24, 2.45) is 0 Å². The largest absolute Gasteiger partial charge is 0.463 e. The van der Waals surface area contributed by atoms with Gasteiger partial charge in [0.05, 0.1) is 12.5 Å². The summed E-state index contributed by atoms with van der Waals surface area (Å²) < 4.78 is 16.3. The first-order chi connectivity index (χ1) is 16.2. The van der Waals surface area contributed by atoms with Crippen molar-refractivity contribution in [1.29, 1.82) is 0 Å². The van der Waals surface area contributed by atoms with E-state index in [4.69, 9.17) is 13.9 Å². The summed E-state index contributed by atoms with van der Waals surface area (Å²) in [5.41, 5.74) is 4.18. The molecule has 1 atom stereocenters. The summed E-state index contributed by atoms with van der Waals surface area (Å²) in [7, 11) is 1.33. The topological polar surface area (TPSA) is 64.5 Å². The molecular weight excluding hydrogens is 414 g/mol. The molecule has 33 heavy (non-hydrogen) atoms. The van der Waals surface area contributed by atoms with E-state index in [1.807, 2.05) is 6.08 Å². The van der Waals surface area contributed by atoms with Crippen LogP contribution in [0, 0.1) is 0 Å². The van der Waals surface area contributed by atoms with Gasteiger partial charge in [-0.15, -0.1) is 0 Å². The zero-order valence-electron chi connectivity index (χ0n) is 18.9. The molecule has 2 aliphatic carbocycles. The number of aromatic nitrogens is 1. The number of aromatic amines is 1. The Kier molecular flexibility index (Phi) is 6.20. The Hall–Kier alpha value is -3.47. The lowest BCUT2D eigenvalue weighted by atomic mass is 9.86. The van der Waals surface area contributed by atoms with Gasteiger partial charge in [-0.1, -0.05) is 48.9 Å². The van der Waals surface area contributed by atoms with Crippen molar-refractivity contribution in [3.63, 3.8) is 0 Å².